The van der Waals surface area contributed by atoms with Crippen LogP contribution in [0.2, 0.25) is 0 Å². The monoisotopic (exact) mass is 313 g/mol. The minimum Gasteiger partial charge on any atom is -0.480 e. The molecule has 0 aromatic carbocycles. The number of aryl methyl sites for hydroxylation is 1. The van der Waals surface area contributed by atoms with E-state index in [9.17, 15) is 4.79 Å². The van der Waals surface area contributed by atoms with Gasteiger partial charge < -0.3 is 14.4 Å². The van der Waals surface area contributed by atoms with Crippen LogP contribution in [-0.2, 0) is 0 Å². The lowest BCUT2D eigenvalue weighted by Crippen LogP contribution is -2.31. The fourth-order valence-electron chi connectivity index (χ4n) is 2.65. The lowest BCUT2D eigenvalue weighted by Gasteiger charge is -2.18. The summed E-state index contributed by atoms with van der Waals surface area (Å²) in [6.45, 7) is 3.10. The maximum Gasteiger partial charge on any atom is 0.259 e. The van der Waals surface area contributed by atoms with Crippen LogP contribution < -0.4 is 9.47 Å². The fourth-order valence-corrected chi connectivity index (χ4v) is 2.65. The number of amides is 1. The lowest BCUT2D eigenvalue weighted by molar-refractivity contribution is 0.0767. The number of likely N-dealkylation sites (tertiary alicyclic amines) is 1. The first-order valence-corrected chi connectivity index (χ1v) is 7.56. The maximum absolute atomic E-state index is 12.6. The quantitative estimate of drug-likeness (QED) is 0.865. The molecular formula is C17H19N3O3. The largest absolute Gasteiger partial charge is 0.480 e. The number of pyridine rings is 2. The summed E-state index contributed by atoms with van der Waals surface area (Å²) in [5.74, 6) is 0.865. The highest BCUT2D eigenvalue weighted by atomic mass is 16.5. The summed E-state index contributed by atoms with van der Waals surface area (Å²) in [6, 6.07) is 9.13. The zero-order valence-electron chi connectivity index (χ0n) is 13.2. The van der Waals surface area contributed by atoms with Gasteiger partial charge in [-0.25, -0.2) is 9.97 Å². The van der Waals surface area contributed by atoms with Crippen molar-refractivity contribution in [2.45, 2.75) is 19.4 Å². The Labute approximate surface area is 135 Å². The first-order chi connectivity index (χ1) is 11.2. The first-order valence-electron chi connectivity index (χ1n) is 7.56. The summed E-state index contributed by atoms with van der Waals surface area (Å²) in [5.41, 5.74) is 1.39. The molecule has 0 unspecified atom stereocenters. The molecule has 3 rings (SSSR count). The van der Waals surface area contributed by atoms with E-state index in [1.54, 1.807) is 23.2 Å². The average molecular weight is 313 g/mol. The van der Waals surface area contributed by atoms with Crippen LogP contribution in [0.3, 0.4) is 0 Å². The number of methoxy groups -OCH3 is 1. The third-order valence-electron chi connectivity index (χ3n) is 3.78. The Kier molecular flexibility index (Phi) is 4.41. The molecule has 3 heterocycles. The molecule has 2 aromatic rings. The second-order valence-corrected chi connectivity index (χ2v) is 5.46. The number of carbonyl (C=O) groups excluding carboxylic acids is 1. The van der Waals surface area contributed by atoms with Gasteiger partial charge in [-0.15, -0.1) is 0 Å². The minimum atomic E-state index is -0.0850. The van der Waals surface area contributed by atoms with Crippen LogP contribution in [0.15, 0.2) is 36.5 Å². The molecule has 1 saturated heterocycles. The average Bonchev–Trinajstić information content (AvgIpc) is 3.02. The molecule has 2 aromatic heterocycles. The number of hydrogen-bond donors (Lipinski definition) is 0. The van der Waals surface area contributed by atoms with Gasteiger partial charge in [-0.05, 0) is 25.1 Å². The van der Waals surface area contributed by atoms with Crippen molar-refractivity contribution in [3.8, 4) is 11.8 Å². The standard InChI is InChI=1S/C17H19N3O3/c1-12-5-3-7-15(19-12)23-13-8-10-20(11-13)17(21)14-6-4-9-18-16(14)22-2/h3-7,9,13H,8,10-11H2,1-2H3/t13-/m1/s1. The summed E-state index contributed by atoms with van der Waals surface area (Å²) >= 11 is 0. The Morgan fingerprint density at radius 3 is 2.96 bits per heavy atom. The Morgan fingerprint density at radius 1 is 1.30 bits per heavy atom. The van der Waals surface area contributed by atoms with Crippen LogP contribution in [0, 0.1) is 6.92 Å². The summed E-state index contributed by atoms with van der Waals surface area (Å²) in [4.78, 5) is 22.8. The van der Waals surface area contributed by atoms with Crippen molar-refractivity contribution in [3.05, 3.63) is 47.8 Å². The molecule has 6 heteroatoms. The molecule has 0 bridgehead atoms. The van der Waals surface area contributed by atoms with Gasteiger partial charge in [0.05, 0.1) is 13.7 Å². The van der Waals surface area contributed by atoms with Crippen molar-refractivity contribution in [2.75, 3.05) is 20.2 Å². The van der Waals surface area contributed by atoms with Gasteiger partial charge in [0.1, 0.15) is 11.7 Å². The summed E-state index contributed by atoms with van der Waals surface area (Å²) in [5, 5.41) is 0. The third-order valence-corrected chi connectivity index (χ3v) is 3.78. The second-order valence-electron chi connectivity index (χ2n) is 5.46. The predicted molar refractivity (Wildman–Crippen MR) is 84.7 cm³/mol. The molecule has 0 aliphatic carbocycles. The smallest absolute Gasteiger partial charge is 0.259 e. The normalized spacial score (nSPS) is 17.1. The van der Waals surface area contributed by atoms with E-state index in [1.807, 2.05) is 25.1 Å². The van der Waals surface area contributed by atoms with E-state index < -0.39 is 0 Å². The molecule has 0 spiro atoms. The zero-order valence-corrected chi connectivity index (χ0v) is 13.2. The highest BCUT2D eigenvalue weighted by Gasteiger charge is 2.30. The van der Waals surface area contributed by atoms with Gasteiger partial charge in [0.2, 0.25) is 11.8 Å². The van der Waals surface area contributed by atoms with E-state index in [-0.39, 0.29) is 12.0 Å². The molecule has 1 fully saturated rings. The van der Waals surface area contributed by atoms with Crippen LogP contribution in [0.25, 0.3) is 0 Å². The molecule has 1 aliphatic heterocycles. The van der Waals surface area contributed by atoms with E-state index in [0.717, 1.165) is 12.1 Å². The Bertz CT molecular complexity index is 705. The van der Waals surface area contributed by atoms with Crippen molar-refractivity contribution in [3.63, 3.8) is 0 Å². The molecular weight excluding hydrogens is 294 g/mol. The highest BCUT2D eigenvalue weighted by molar-refractivity contribution is 5.96. The maximum atomic E-state index is 12.6. The van der Waals surface area contributed by atoms with Crippen LogP contribution >= 0.6 is 0 Å². The van der Waals surface area contributed by atoms with Crippen LogP contribution in [0.4, 0.5) is 0 Å². The summed E-state index contributed by atoms with van der Waals surface area (Å²) < 4.78 is 11.0. The Hall–Kier alpha value is -2.63. The van der Waals surface area contributed by atoms with E-state index in [0.29, 0.717) is 30.4 Å². The van der Waals surface area contributed by atoms with Crippen LogP contribution in [0.5, 0.6) is 11.8 Å². The zero-order chi connectivity index (χ0) is 16.2. The molecule has 1 aliphatic rings. The van der Waals surface area contributed by atoms with Gasteiger partial charge in [-0.1, -0.05) is 6.07 Å². The molecule has 0 radical (unpaired) electrons. The van der Waals surface area contributed by atoms with Crippen LogP contribution in [-0.4, -0.2) is 47.1 Å². The van der Waals surface area contributed by atoms with Gasteiger partial charge in [0.15, 0.2) is 0 Å². The van der Waals surface area contributed by atoms with Gasteiger partial charge >= 0.3 is 0 Å². The predicted octanol–water partition coefficient (Wildman–Crippen LogP) is 2.09. The van der Waals surface area contributed by atoms with E-state index in [1.165, 1.54) is 7.11 Å². The van der Waals surface area contributed by atoms with Crippen molar-refractivity contribution in [2.24, 2.45) is 0 Å². The van der Waals surface area contributed by atoms with E-state index in [2.05, 4.69) is 9.97 Å². The molecule has 23 heavy (non-hydrogen) atoms. The first kappa shape index (κ1) is 15.3. The summed E-state index contributed by atoms with van der Waals surface area (Å²) in [7, 11) is 1.51. The van der Waals surface area contributed by atoms with Crippen molar-refractivity contribution in [1.82, 2.24) is 14.9 Å². The molecule has 0 saturated carbocycles. The SMILES string of the molecule is COc1ncccc1C(=O)N1CC[C@@H](Oc2cccc(C)n2)C1. The van der Waals surface area contributed by atoms with E-state index in [4.69, 9.17) is 9.47 Å². The number of hydrogen-bond acceptors (Lipinski definition) is 5. The van der Waals surface area contributed by atoms with Crippen molar-refractivity contribution < 1.29 is 14.3 Å². The van der Waals surface area contributed by atoms with Crippen LogP contribution in [0.1, 0.15) is 22.5 Å². The number of nitrogens with zero attached hydrogens (tertiary/aromatic N) is 3. The number of aromatic nitrogens is 2. The molecule has 1 atom stereocenters. The van der Waals surface area contributed by atoms with Crippen molar-refractivity contribution >= 4 is 5.91 Å². The van der Waals surface area contributed by atoms with Gasteiger partial charge in [-0.3, -0.25) is 4.79 Å². The fraction of sp³-hybridized carbons (Fsp3) is 0.353. The van der Waals surface area contributed by atoms with Gasteiger partial charge in [0, 0.05) is 30.9 Å². The number of ether oxygens (including phenoxy) is 2. The van der Waals surface area contributed by atoms with E-state index >= 15 is 0 Å². The molecule has 6 nitrogen and oxygen atoms in total. The Balaban J connectivity index is 1.66. The Morgan fingerprint density at radius 2 is 2.17 bits per heavy atom. The molecule has 1 amide bonds. The van der Waals surface area contributed by atoms with Crippen molar-refractivity contribution in [1.29, 1.82) is 0 Å². The number of carbonyl (C=O) groups is 1. The minimum absolute atomic E-state index is 0.0454. The lowest BCUT2D eigenvalue weighted by atomic mass is 10.2. The topological polar surface area (TPSA) is 64.5 Å². The number of rotatable bonds is 4. The molecule has 0 N–H and O–H groups in total. The second kappa shape index (κ2) is 6.64. The summed E-state index contributed by atoms with van der Waals surface area (Å²) in [6.07, 6.45) is 2.34. The molecule has 120 valence electrons. The third kappa shape index (κ3) is 3.41. The van der Waals surface area contributed by atoms with Gasteiger partial charge in [-0.2, -0.15) is 0 Å². The van der Waals surface area contributed by atoms with Gasteiger partial charge in [0.25, 0.3) is 5.91 Å². The highest BCUT2D eigenvalue weighted by Crippen LogP contribution is 2.22.